The zero-order valence-corrected chi connectivity index (χ0v) is 16.2. The topological polar surface area (TPSA) is 84.5 Å². The Kier molecular flexibility index (Phi) is 4.63. The molecule has 1 heterocycles. The number of carbonyl (C=O) groups is 1. The number of methoxy groups -OCH3 is 1. The molecule has 1 saturated carbocycles. The van der Waals surface area contributed by atoms with Gasteiger partial charge in [0.2, 0.25) is 10.0 Å². The molecule has 0 aliphatic heterocycles. The van der Waals surface area contributed by atoms with Crippen molar-refractivity contribution in [1.29, 1.82) is 0 Å². The molecule has 27 heavy (non-hydrogen) atoms. The highest BCUT2D eigenvalue weighted by Crippen LogP contribution is 2.31. The van der Waals surface area contributed by atoms with Gasteiger partial charge in [0.15, 0.2) is 0 Å². The molecule has 1 aliphatic carbocycles. The number of amides is 1. The number of rotatable bonds is 6. The molecular formula is C19H18N2O4S2. The first-order valence-corrected chi connectivity index (χ1v) is 10.8. The summed E-state index contributed by atoms with van der Waals surface area (Å²) in [6.07, 6.45) is 1.70. The number of hydrogen-bond donors (Lipinski definition) is 2. The van der Waals surface area contributed by atoms with Gasteiger partial charge in [-0.3, -0.25) is 4.79 Å². The zero-order chi connectivity index (χ0) is 19.0. The summed E-state index contributed by atoms with van der Waals surface area (Å²) < 4.78 is 33.8. The van der Waals surface area contributed by atoms with Gasteiger partial charge in [-0.05, 0) is 48.6 Å². The summed E-state index contributed by atoms with van der Waals surface area (Å²) in [4.78, 5) is 13.3. The molecule has 6 nitrogen and oxygen atoms in total. The quantitative estimate of drug-likeness (QED) is 0.660. The molecule has 140 valence electrons. The number of sulfonamides is 1. The van der Waals surface area contributed by atoms with Gasteiger partial charge in [-0.25, -0.2) is 13.1 Å². The smallest absolute Gasteiger partial charge is 0.265 e. The van der Waals surface area contributed by atoms with Crippen LogP contribution in [-0.4, -0.2) is 27.5 Å². The van der Waals surface area contributed by atoms with E-state index in [9.17, 15) is 13.2 Å². The van der Waals surface area contributed by atoms with Crippen molar-refractivity contribution in [1.82, 2.24) is 4.72 Å². The molecule has 8 heteroatoms. The lowest BCUT2D eigenvalue weighted by Gasteiger charge is -2.12. The van der Waals surface area contributed by atoms with Gasteiger partial charge in [-0.15, -0.1) is 11.3 Å². The third-order valence-corrected chi connectivity index (χ3v) is 6.91. The van der Waals surface area contributed by atoms with Crippen LogP contribution < -0.4 is 14.8 Å². The molecule has 4 rings (SSSR count). The maximum absolute atomic E-state index is 12.7. The lowest BCUT2D eigenvalue weighted by atomic mass is 10.2. The fourth-order valence-electron chi connectivity index (χ4n) is 2.72. The van der Waals surface area contributed by atoms with Crippen LogP contribution in [-0.2, 0) is 10.0 Å². The first-order valence-electron chi connectivity index (χ1n) is 8.46. The molecular weight excluding hydrogens is 384 g/mol. The maximum atomic E-state index is 12.7. The number of fused-ring (bicyclic) bond motifs is 1. The molecule has 0 unspecified atom stereocenters. The minimum atomic E-state index is -3.62. The van der Waals surface area contributed by atoms with Crippen molar-refractivity contribution in [2.45, 2.75) is 23.8 Å². The van der Waals surface area contributed by atoms with E-state index in [2.05, 4.69) is 10.0 Å². The van der Waals surface area contributed by atoms with Crippen LogP contribution in [0.4, 0.5) is 5.69 Å². The van der Waals surface area contributed by atoms with E-state index in [0.717, 1.165) is 22.9 Å². The molecule has 1 aromatic heterocycles. The summed E-state index contributed by atoms with van der Waals surface area (Å²) in [5, 5.41) is 3.76. The Labute approximate surface area is 161 Å². The standard InChI is InChI=1S/C19H18N2O4S2/c1-25-16-9-8-14(27(23,24)21-13-6-7-13)11-15(16)20-19(22)18-10-12-4-2-3-5-17(12)26-18/h2-5,8-11,13,21H,6-7H2,1H3,(H,20,22). The Bertz CT molecular complexity index is 1080. The second-order valence-electron chi connectivity index (χ2n) is 6.36. The van der Waals surface area contributed by atoms with Gasteiger partial charge in [0.25, 0.3) is 5.91 Å². The summed E-state index contributed by atoms with van der Waals surface area (Å²) in [5.41, 5.74) is 0.318. The molecule has 0 bridgehead atoms. The summed E-state index contributed by atoms with van der Waals surface area (Å²) in [6.45, 7) is 0. The average Bonchev–Trinajstić information content (AvgIpc) is 3.34. The van der Waals surface area contributed by atoms with E-state index < -0.39 is 10.0 Å². The second kappa shape index (κ2) is 6.95. The lowest BCUT2D eigenvalue weighted by molar-refractivity contribution is 0.103. The Morgan fingerprint density at radius 2 is 1.93 bits per heavy atom. The van der Waals surface area contributed by atoms with Crippen LogP contribution >= 0.6 is 11.3 Å². The van der Waals surface area contributed by atoms with E-state index in [-0.39, 0.29) is 16.8 Å². The van der Waals surface area contributed by atoms with Crippen LogP contribution in [0.15, 0.2) is 53.4 Å². The van der Waals surface area contributed by atoms with E-state index in [1.165, 1.54) is 30.6 Å². The highest BCUT2D eigenvalue weighted by Gasteiger charge is 2.28. The Morgan fingerprint density at radius 3 is 2.63 bits per heavy atom. The third-order valence-electron chi connectivity index (χ3n) is 4.28. The number of anilines is 1. The van der Waals surface area contributed by atoms with E-state index in [1.807, 2.05) is 30.3 Å². The van der Waals surface area contributed by atoms with Crippen molar-refractivity contribution in [3.05, 3.63) is 53.4 Å². The molecule has 2 N–H and O–H groups in total. The van der Waals surface area contributed by atoms with Gasteiger partial charge in [0, 0.05) is 10.7 Å². The number of carbonyl (C=O) groups excluding carboxylic acids is 1. The van der Waals surface area contributed by atoms with Crippen molar-refractivity contribution in [3.63, 3.8) is 0 Å². The largest absolute Gasteiger partial charge is 0.495 e. The molecule has 1 aliphatic rings. The van der Waals surface area contributed by atoms with Crippen LogP contribution in [0.3, 0.4) is 0 Å². The molecule has 0 spiro atoms. The summed E-state index contributed by atoms with van der Waals surface area (Å²) in [7, 11) is -2.15. The van der Waals surface area contributed by atoms with Gasteiger partial charge < -0.3 is 10.1 Å². The number of ether oxygens (including phenoxy) is 1. The van der Waals surface area contributed by atoms with Crippen molar-refractivity contribution in [2.75, 3.05) is 12.4 Å². The molecule has 1 fully saturated rings. The molecule has 2 aromatic carbocycles. The second-order valence-corrected chi connectivity index (χ2v) is 9.16. The summed E-state index contributed by atoms with van der Waals surface area (Å²) in [6, 6.07) is 14.0. The van der Waals surface area contributed by atoms with Gasteiger partial charge >= 0.3 is 0 Å². The molecule has 1 amide bonds. The van der Waals surface area contributed by atoms with Gasteiger partial charge in [0.1, 0.15) is 5.75 Å². The highest BCUT2D eigenvalue weighted by molar-refractivity contribution is 7.89. The number of thiophene rings is 1. The first kappa shape index (κ1) is 18.0. The van der Waals surface area contributed by atoms with Crippen LogP contribution in [0.2, 0.25) is 0 Å². The minimum absolute atomic E-state index is 0.00805. The first-order chi connectivity index (χ1) is 13.0. The molecule has 0 saturated heterocycles. The van der Waals surface area contributed by atoms with E-state index >= 15 is 0 Å². The monoisotopic (exact) mass is 402 g/mol. The maximum Gasteiger partial charge on any atom is 0.265 e. The fraction of sp³-hybridized carbons (Fsp3) is 0.211. The summed E-state index contributed by atoms with van der Waals surface area (Å²) in [5.74, 6) is 0.0917. The average molecular weight is 402 g/mol. The minimum Gasteiger partial charge on any atom is -0.495 e. The molecule has 0 radical (unpaired) electrons. The number of nitrogens with one attached hydrogen (secondary N) is 2. The van der Waals surface area contributed by atoms with Crippen molar-refractivity contribution >= 4 is 43.0 Å². The molecule has 0 atom stereocenters. The SMILES string of the molecule is COc1ccc(S(=O)(=O)NC2CC2)cc1NC(=O)c1cc2ccccc2s1. The molecule has 3 aromatic rings. The number of benzene rings is 2. The lowest BCUT2D eigenvalue weighted by Crippen LogP contribution is -2.25. The van der Waals surface area contributed by atoms with Gasteiger partial charge in [0.05, 0.1) is 22.6 Å². The zero-order valence-electron chi connectivity index (χ0n) is 14.6. The number of hydrogen-bond acceptors (Lipinski definition) is 5. The highest BCUT2D eigenvalue weighted by atomic mass is 32.2. The van der Waals surface area contributed by atoms with Crippen LogP contribution in [0.25, 0.3) is 10.1 Å². The van der Waals surface area contributed by atoms with Crippen LogP contribution in [0, 0.1) is 0 Å². The summed E-state index contributed by atoms with van der Waals surface area (Å²) >= 11 is 1.38. The van der Waals surface area contributed by atoms with Gasteiger partial charge in [-0.1, -0.05) is 18.2 Å². The normalized spacial score (nSPS) is 14.3. The van der Waals surface area contributed by atoms with E-state index in [0.29, 0.717) is 16.3 Å². The van der Waals surface area contributed by atoms with Crippen molar-refractivity contribution in [3.8, 4) is 5.75 Å². The Balaban J connectivity index is 1.63. The van der Waals surface area contributed by atoms with E-state index in [1.54, 1.807) is 6.07 Å². The fourth-order valence-corrected chi connectivity index (χ4v) is 5.01. The Hall–Kier alpha value is -2.42. The Morgan fingerprint density at radius 1 is 1.15 bits per heavy atom. The van der Waals surface area contributed by atoms with Crippen LogP contribution in [0.1, 0.15) is 22.5 Å². The predicted molar refractivity (Wildman–Crippen MR) is 106 cm³/mol. The van der Waals surface area contributed by atoms with Gasteiger partial charge in [-0.2, -0.15) is 0 Å². The van der Waals surface area contributed by atoms with Crippen molar-refractivity contribution < 1.29 is 17.9 Å². The van der Waals surface area contributed by atoms with E-state index in [4.69, 9.17) is 4.74 Å². The van der Waals surface area contributed by atoms with Crippen molar-refractivity contribution in [2.24, 2.45) is 0 Å². The van der Waals surface area contributed by atoms with Crippen LogP contribution in [0.5, 0.6) is 5.75 Å². The third kappa shape index (κ3) is 3.83. The predicted octanol–water partition coefficient (Wildman–Crippen LogP) is 3.60.